The molecule has 0 amide bonds. The molecule has 2 heterocycles. The molecular formula is C13H16N4O2S2. The second-order valence-electron chi connectivity index (χ2n) is 4.79. The molecule has 6 nitrogen and oxygen atoms in total. The molecule has 0 saturated carbocycles. The van der Waals surface area contributed by atoms with Crippen LogP contribution in [0.3, 0.4) is 0 Å². The summed E-state index contributed by atoms with van der Waals surface area (Å²) in [6, 6.07) is 5.86. The van der Waals surface area contributed by atoms with Crippen LogP contribution in [0.1, 0.15) is 22.2 Å². The van der Waals surface area contributed by atoms with Crippen LogP contribution >= 0.6 is 11.3 Å². The summed E-state index contributed by atoms with van der Waals surface area (Å²) in [5, 5.41) is 15.6. The van der Waals surface area contributed by atoms with E-state index in [1.54, 1.807) is 14.0 Å². The number of nitrogens with zero attached hydrogens (tertiary/aromatic N) is 4. The molecule has 0 unspecified atom stereocenters. The van der Waals surface area contributed by atoms with Gasteiger partial charge in [0.2, 0.25) is 10.0 Å². The van der Waals surface area contributed by atoms with Gasteiger partial charge in [-0.3, -0.25) is 4.68 Å². The van der Waals surface area contributed by atoms with E-state index >= 15 is 0 Å². The minimum atomic E-state index is -3.66. The van der Waals surface area contributed by atoms with Gasteiger partial charge in [0.05, 0.1) is 17.5 Å². The third-order valence-electron chi connectivity index (χ3n) is 3.18. The largest absolute Gasteiger partial charge is 0.269 e. The van der Waals surface area contributed by atoms with Gasteiger partial charge in [-0.05, 0) is 18.4 Å². The second-order valence-corrected chi connectivity index (χ2v) is 7.86. The maximum atomic E-state index is 12.5. The number of aromatic nitrogens is 2. The standard InChI is InChI=1S/C13H16N4O2S2/c1-9-13(21(18,19)16(2)3)12(17(4)15-9)10(8-14)11-6-5-7-20-11/h5-7,10H,1-4H3/t10-/m0/s1. The Morgan fingerprint density at radius 3 is 2.62 bits per heavy atom. The summed E-state index contributed by atoms with van der Waals surface area (Å²) in [7, 11) is 0.942. The lowest BCUT2D eigenvalue weighted by Gasteiger charge is -2.15. The Morgan fingerprint density at radius 2 is 2.14 bits per heavy atom. The van der Waals surface area contributed by atoms with E-state index < -0.39 is 15.9 Å². The van der Waals surface area contributed by atoms with E-state index in [1.807, 2.05) is 17.5 Å². The summed E-state index contributed by atoms with van der Waals surface area (Å²) in [4.78, 5) is 0.922. The van der Waals surface area contributed by atoms with Crippen LogP contribution in [0.4, 0.5) is 0 Å². The first-order valence-electron chi connectivity index (χ1n) is 6.19. The molecule has 0 aromatic carbocycles. The maximum Gasteiger partial charge on any atom is 0.246 e. The van der Waals surface area contributed by atoms with Crippen molar-refractivity contribution >= 4 is 21.4 Å². The van der Waals surface area contributed by atoms with Crippen LogP contribution in [0.25, 0.3) is 0 Å². The fourth-order valence-corrected chi connectivity index (χ4v) is 4.26. The highest BCUT2D eigenvalue weighted by Gasteiger charge is 2.33. The second kappa shape index (κ2) is 5.60. The zero-order chi connectivity index (χ0) is 15.8. The van der Waals surface area contributed by atoms with E-state index in [0.29, 0.717) is 11.4 Å². The third kappa shape index (κ3) is 2.60. The lowest BCUT2D eigenvalue weighted by atomic mass is 10.1. The number of hydrogen-bond acceptors (Lipinski definition) is 5. The van der Waals surface area contributed by atoms with Gasteiger partial charge in [-0.1, -0.05) is 6.07 Å². The topological polar surface area (TPSA) is 79.0 Å². The van der Waals surface area contributed by atoms with E-state index in [-0.39, 0.29) is 4.90 Å². The fraction of sp³-hybridized carbons (Fsp3) is 0.385. The van der Waals surface area contributed by atoms with Gasteiger partial charge in [0.25, 0.3) is 0 Å². The lowest BCUT2D eigenvalue weighted by Crippen LogP contribution is -2.24. The molecule has 2 aromatic heterocycles. The van der Waals surface area contributed by atoms with Gasteiger partial charge >= 0.3 is 0 Å². The smallest absolute Gasteiger partial charge is 0.246 e. The first-order chi connectivity index (χ1) is 9.80. The molecule has 0 aliphatic rings. The first-order valence-corrected chi connectivity index (χ1v) is 8.51. The zero-order valence-corrected chi connectivity index (χ0v) is 13.9. The van der Waals surface area contributed by atoms with Crippen molar-refractivity contribution < 1.29 is 8.42 Å². The Kier molecular flexibility index (Phi) is 4.18. The van der Waals surface area contributed by atoms with Crippen molar-refractivity contribution in [3.05, 3.63) is 33.8 Å². The van der Waals surface area contributed by atoms with Crippen LogP contribution in [-0.4, -0.2) is 36.6 Å². The number of hydrogen-bond donors (Lipinski definition) is 0. The fourth-order valence-electron chi connectivity index (χ4n) is 2.19. The molecule has 0 aliphatic heterocycles. The summed E-state index contributed by atoms with van der Waals surface area (Å²) in [5.74, 6) is -0.652. The molecule has 21 heavy (non-hydrogen) atoms. The lowest BCUT2D eigenvalue weighted by molar-refractivity contribution is 0.518. The van der Waals surface area contributed by atoms with Crippen molar-refractivity contribution in [3.8, 4) is 6.07 Å². The number of sulfonamides is 1. The van der Waals surface area contributed by atoms with E-state index in [2.05, 4.69) is 11.2 Å². The Balaban J connectivity index is 2.74. The molecule has 2 aromatic rings. The highest BCUT2D eigenvalue weighted by atomic mass is 32.2. The highest BCUT2D eigenvalue weighted by molar-refractivity contribution is 7.89. The average Bonchev–Trinajstić information content (AvgIpc) is 3.00. The van der Waals surface area contributed by atoms with Crippen LogP contribution in [0.15, 0.2) is 22.4 Å². The Morgan fingerprint density at radius 1 is 1.48 bits per heavy atom. The van der Waals surface area contributed by atoms with E-state index in [4.69, 9.17) is 0 Å². The quantitative estimate of drug-likeness (QED) is 0.857. The molecule has 0 radical (unpaired) electrons. The van der Waals surface area contributed by atoms with Crippen LogP contribution < -0.4 is 0 Å². The third-order valence-corrected chi connectivity index (χ3v) is 6.10. The van der Waals surface area contributed by atoms with Gasteiger partial charge in [-0.2, -0.15) is 10.4 Å². The van der Waals surface area contributed by atoms with E-state index in [0.717, 1.165) is 9.18 Å². The van der Waals surface area contributed by atoms with Crippen molar-refractivity contribution in [2.24, 2.45) is 7.05 Å². The molecular weight excluding hydrogens is 308 g/mol. The molecule has 1 atom stereocenters. The van der Waals surface area contributed by atoms with Crippen molar-refractivity contribution in [2.45, 2.75) is 17.7 Å². The van der Waals surface area contributed by atoms with E-state index in [9.17, 15) is 13.7 Å². The summed E-state index contributed by atoms with van der Waals surface area (Å²) < 4.78 is 27.7. The maximum absolute atomic E-state index is 12.5. The van der Waals surface area contributed by atoms with Crippen LogP contribution in [0.5, 0.6) is 0 Å². The SMILES string of the molecule is Cc1nn(C)c([C@@H](C#N)c2cccs2)c1S(=O)(=O)N(C)C. The van der Waals surface area contributed by atoms with Gasteiger partial charge in [-0.25, -0.2) is 12.7 Å². The Labute approximate surface area is 128 Å². The Bertz CT molecular complexity index is 783. The normalized spacial score (nSPS) is 13.3. The molecule has 112 valence electrons. The number of rotatable bonds is 4. The van der Waals surface area contributed by atoms with Crippen molar-refractivity contribution in [1.29, 1.82) is 5.26 Å². The van der Waals surface area contributed by atoms with Crippen molar-refractivity contribution in [1.82, 2.24) is 14.1 Å². The molecule has 8 heteroatoms. The predicted molar refractivity (Wildman–Crippen MR) is 80.6 cm³/mol. The van der Waals surface area contributed by atoms with Gasteiger partial charge in [0.15, 0.2) is 0 Å². The molecule has 0 aliphatic carbocycles. The molecule has 0 spiro atoms. The number of thiophene rings is 1. The average molecular weight is 324 g/mol. The minimum absolute atomic E-state index is 0.120. The Hall–Kier alpha value is -1.69. The molecule has 0 fully saturated rings. The molecule has 0 saturated heterocycles. The molecule has 0 bridgehead atoms. The van der Waals surface area contributed by atoms with Crippen LogP contribution in [-0.2, 0) is 17.1 Å². The number of aryl methyl sites for hydroxylation is 2. The monoisotopic (exact) mass is 324 g/mol. The van der Waals surface area contributed by atoms with E-state index in [1.165, 1.54) is 30.1 Å². The van der Waals surface area contributed by atoms with Gasteiger partial charge in [-0.15, -0.1) is 11.3 Å². The summed E-state index contributed by atoms with van der Waals surface area (Å²) >= 11 is 1.42. The predicted octanol–water partition coefficient (Wildman–Crippen LogP) is 1.70. The number of nitriles is 1. The molecule has 2 rings (SSSR count). The minimum Gasteiger partial charge on any atom is -0.269 e. The van der Waals surface area contributed by atoms with Crippen LogP contribution in [0.2, 0.25) is 0 Å². The summed E-state index contributed by atoms with van der Waals surface area (Å²) in [5.41, 5.74) is 0.809. The molecule has 0 N–H and O–H groups in total. The van der Waals surface area contributed by atoms with Crippen molar-refractivity contribution in [3.63, 3.8) is 0 Å². The van der Waals surface area contributed by atoms with Crippen molar-refractivity contribution in [2.75, 3.05) is 14.1 Å². The van der Waals surface area contributed by atoms with Crippen LogP contribution in [0, 0.1) is 18.3 Å². The summed E-state index contributed by atoms with van der Waals surface area (Å²) in [6.07, 6.45) is 0. The highest BCUT2D eigenvalue weighted by Crippen LogP contribution is 2.34. The first kappa shape index (κ1) is 15.7. The van der Waals surface area contributed by atoms with Gasteiger partial charge < -0.3 is 0 Å². The van der Waals surface area contributed by atoms with Gasteiger partial charge in [0.1, 0.15) is 10.8 Å². The summed E-state index contributed by atoms with van der Waals surface area (Å²) in [6.45, 7) is 1.64. The zero-order valence-electron chi connectivity index (χ0n) is 12.2. The van der Waals surface area contributed by atoms with Gasteiger partial charge in [0, 0.05) is 26.0 Å².